The van der Waals surface area contributed by atoms with Crippen LogP contribution in [0.3, 0.4) is 0 Å². The maximum atomic E-state index is 11.7. The highest BCUT2D eigenvalue weighted by atomic mass is 35.5. The molecule has 1 aromatic rings. The van der Waals surface area contributed by atoms with Crippen LogP contribution >= 0.6 is 23.2 Å². The number of halogens is 2. The van der Waals surface area contributed by atoms with Gasteiger partial charge < -0.3 is 15.5 Å². The summed E-state index contributed by atoms with van der Waals surface area (Å²) < 4.78 is 0. The van der Waals surface area contributed by atoms with Crippen molar-refractivity contribution in [2.45, 2.75) is 6.42 Å². The van der Waals surface area contributed by atoms with Gasteiger partial charge in [-0.2, -0.15) is 0 Å². The van der Waals surface area contributed by atoms with Gasteiger partial charge in [0.05, 0.1) is 22.3 Å². The average Bonchev–Trinajstić information content (AvgIpc) is 2.33. The Hall–Kier alpha value is -0.810. The molecule has 0 saturated heterocycles. The lowest BCUT2D eigenvalue weighted by atomic mass is 10.3. The molecule has 0 aliphatic heterocycles. The molecule has 0 unspecified atom stereocenters. The van der Waals surface area contributed by atoms with Gasteiger partial charge in [0.1, 0.15) is 0 Å². The smallest absolute Gasteiger partial charge is 0.238 e. The summed E-state index contributed by atoms with van der Waals surface area (Å²) in [7, 11) is 4.04. The third kappa shape index (κ3) is 6.25. The zero-order valence-electron chi connectivity index (χ0n) is 11.2. The molecule has 2 N–H and O–H groups in total. The molecule has 0 aliphatic carbocycles. The second kappa shape index (κ2) is 8.38. The average molecular weight is 304 g/mol. The van der Waals surface area contributed by atoms with Crippen LogP contribution in [0.1, 0.15) is 6.42 Å². The minimum Gasteiger partial charge on any atom is -0.322 e. The molecular weight excluding hydrogens is 285 g/mol. The number of nitrogens with one attached hydrogen (secondary N) is 2. The molecule has 0 saturated carbocycles. The number of carbonyl (C=O) groups is 1. The van der Waals surface area contributed by atoms with Crippen LogP contribution in [-0.2, 0) is 4.79 Å². The summed E-state index contributed by atoms with van der Waals surface area (Å²) in [5, 5.41) is 6.65. The van der Waals surface area contributed by atoms with Crippen LogP contribution in [0.25, 0.3) is 0 Å². The van der Waals surface area contributed by atoms with Crippen LogP contribution < -0.4 is 10.6 Å². The van der Waals surface area contributed by atoms with Crippen molar-refractivity contribution in [3.63, 3.8) is 0 Å². The monoisotopic (exact) mass is 303 g/mol. The molecule has 106 valence electrons. The number of carbonyl (C=O) groups excluding carboxylic acids is 1. The number of anilines is 1. The third-order valence-electron chi connectivity index (χ3n) is 2.47. The summed E-state index contributed by atoms with van der Waals surface area (Å²) >= 11 is 11.9. The van der Waals surface area contributed by atoms with E-state index in [9.17, 15) is 4.79 Å². The molecule has 0 fully saturated rings. The summed E-state index contributed by atoms with van der Waals surface area (Å²) in [5.74, 6) is -0.153. The van der Waals surface area contributed by atoms with Gasteiger partial charge in [0.2, 0.25) is 5.91 Å². The van der Waals surface area contributed by atoms with Crippen molar-refractivity contribution in [1.29, 1.82) is 0 Å². The summed E-state index contributed by atoms with van der Waals surface area (Å²) in [6, 6.07) is 5.11. The van der Waals surface area contributed by atoms with E-state index in [0.717, 1.165) is 19.5 Å². The number of rotatable bonds is 7. The topological polar surface area (TPSA) is 44.4 Å². The van der Waals surface area contributed by atoms with Crippen molar-refractivity contribution < 1.29 is 4.79 Å². The molecule has 0 bridgehead atoms. The second-order valence-corrected chi connectivity index (χ2v) is 5.29. The molecule has 0 atom stereocenters. The Balaban J connectivity index is 2.32. The van der Waals surface area contributed by atoms with E-state index in [-0.39, 0.29) is 12.5 Å². The van der Waals surface area contributed by atoms with Crippen molar-refractivity contribution in [2.75, 3.05) is 39.0 Å². The van der Waals surface area contributed by atoms with Gasteiger partial charge in [-0.3, -0.25) is 4.79 Å². The van der Waals surface area contributed by atoms with Crippen LogP contribution in [-0.4, -0.2) is 44.5 Å². The first kappa shape index (κ1) is 16.2. The summed E-state index contributed by atoms with van der Waals surface area (Å²) in [6.45, 7) is 2.03. The highest BCUT2D eigenvalue weighted by molar-refractivity contribution is 6.39. The molecule has 0 aliphatic rings. The van der Waals surface area contributed by atoms with E-state index in [4.69, 9.17) is 23.2 Å². The molecule has 1 rings (SSSR count). The molecule has 0 radical (unpaired) electrons. The Morgan fingerprint density at radius 2 is 1.89 bits per heavy atom. The Morgan fingerprint density at radius 1 is 1.26 bits per heavy atom. The Morgan fingerprint density at radius 3 is 2.47 bits per heavy atom. The largest absolute Gasteiger partial charge is 0.322 e. The molecule has 6 heteroatoms. The minimum absolute atomic E-state index is 0.153. The maximum absolute atomic E-state index is 11.7. The van der Waals surface area contributed by atoms with Crippen LogP contribution in [0.4, 0.5) is 5.69 Å². The van der Waals surface area contributed by atoms with E-state index in [0.29, 0.717) is 15.7 Å². The number of hydrogen-bond donors (Lipinski definition) is 2. The van der Waals surface area contributed by atoms with Gasteiger partial charge in [-0.25, -0.2) is 0 Å². The van der Waals surface area contributed by atoms with Gasteiger partial charge in [-0.1, -0.05) is 29.3 Å². The quantitative estimate of drug-likeness (QED) is 0.761. The van der Waals surface area contributed by atoms with Gasteiger partial charge in [0, 0.05) is 0 Å². The van der Waals surface area contributed by atoms with Gasteiger partial charge in [0.15, 0.2) is 0 Å². The molecule has 0 spiro atoms. The first-order valence-corrected chi connectivity index (χ1v) is 6.85. The van der Waals surface area contributed by atoms with Crippen molar-refractivity contribution >= 4 is 34.8 Å². The fourth-order valence-corrected chi connectivity index (χ4v) is 2.01. The lowest BCUT2D eigenvalue weighted by Gasteiger charge is -2.11. The number of hydrogen-bond acceptors (Lipinski definition) is 3. The minimum atomic E-state index is -0.153. The number of benzene rings is 1. The van der Waals surface area contributed by atoms with Crippen molar-refractivity contribution in [3.05, 3.63) is 28.2 Å². The molecule has 0 heterocycles. The molecule has 4 nitrogen and oxygen atoms in total. The van der Waals surface area contributed by atoms with E-state index in [1.165, 1.54) is 0 Å². The molecular formula is C13H19Cl2N3O. The van der Waals surface area contributed by atoms with E-state index in [1.54, 1.807) is 18.2 Å². The van der Waals surface area contributed by atoms with Crippen LogP contribution in [0.15, 0.2) is 18.2 Å². The van der Waals surface area contributed by atoms with E-state index in [1.807, 2.05) is 14.1 Å². The van der Waals surface area contributed by atoms with Gasteiger partial charge in [0.25, 0.3) is 0 Å². The third-order valence-corrected chi connectivity index (χ3v) is 3.10. The number of para-hydroxylation sites is 1. The van der Waals surface area contributed by atoms with E-state index in [2.05, 4.69) is 15.5 Å². The predicted molar refractivity (Wildman–Crippen MR) is 81.1 cm³/mol. The number of nitrogens with zero attached hydrogens (tertiary/aromatic N) is 1. The fraction of sp³-hybridized carbons (Fsp3) is 0.462. The Bertz CT molecular complexity index is 404. The summed E-state index contributed by atoms with van der Waals surface area (Å²) in [4.78, 5) is 13.8. The molecule has 0 aromatic heterocycles. The van der Waals surface area contributed by atoms with Crippen molar-refractivity contribution in [3.8, 4) is 0 Å². The predicted octanol–water partition coefficient (Wildman–Crippen LogP) is 2.47. The Kier molecular flexibility index (Phi) is 7.16. The summed E-state index contributed by atoms with van der Waals surface area (Å²) in [5.41, 5.74) is 0.464. The van der Waals surface area contributed by atoms with E-state index >= 15 is 0 Å². The van der Waals surface area contributed by atoms with Gasteiger partial charge in [-0.05, 0) is 45.7 Å². The summed E-state index contributed by atoms with van der Waals surface area (Å²) in [6.07, 6.45) is 0.993. The molecule has 1 amide bonds. The van der Waals surface area contributed by atoms with Crippen LogP contribution in [0.5, 0.6) is 0 Å². The lowest BCUT2D eigenvalue weighted by molar-refractivity contribution is -0.115. The van der Waals surface area contributed by atoms with E-state index < -0.39 is 0 Å². The molecule has 19 heavy (non-hydrogen) atoms. The van der Waals surface area contributed by atoms with Gasteiger partial charge >= 0.3 is 0 Å². The second-order valence-electron chi connectivity index (χ2n) is 4.48. The lowest BCUT2D eigenvalue weighted by Crippen LogP contribution is -2.30. The standard InChI is InChI=1S/C13H19Cl2N3O/c1-18(2)8-4-7-16-9-12(19)17-13-10(14)5-3-6-11(13)15/h3,5-6,16H,4,7-9H2,1-2H3,(H,17,19). The van der Waals surface area contributed by atoms with Crippen LogP contribution in [0.2, 0.25) is 10.0 Å². The highest BCUT2D eigenvalue weighted by Crippen LogP contribution is 2.29. The van der Waals surface area contributed by atoms with Gasteiger partial charge in [-0.15, -0.1) is 0 Å². The van der Waals surface area contributed by atoms with Crippen LogP contribution in [0, 0.1) is 0 Å². The first-order valence-electron chi connectivity index (χ1n) is 6.10. The molecule has 1 aromatic carbocycles. The van der Waals surface area contributed by atoms with Crippen molar-refractivity contribution in [2.24, 2.45) is 0 Å². The Labute approximate surface area is 124 Å². The highest BCUT2D eigenvalue weighted by Gasteiger charge is 2.08. The first-order chi connectivity index (χ1) is 9.00. The number of amides is 1. The fourth-order valence-electron chi connectivity index (χ4n) is 1.52. The zero-order chi connectivity index (χ0) is 14.3. The van der Waals surface area contributed by atoms with Crippen molar-refractivity contribution in [1.82, 2.24) is 10.2 Å². The SMILES string of the molecule is CN(C)CCCNCC(=O)Nc1c(Cl)cccc1Cl. The zero-order valence-corrected chi connectivity index (χ0v) is 12.7. The normalized spacial score (nSPS) is 10.8. The maximum Gasteiger partial charge on any atom is 0.238 e.